The van der Waals surface area contributed by atoms with Crippen LogP contribution in [0.1, 0.15) is 81.3 Å². The molecule has 120 valence electrons. The third-order valence-electron chi connectivity index (χ3n) is 5.63. The summed E-state index contributed by atoms with van der Waals surface area (Å²) in [5.74, 6) is 4.15. The van der Waals surface area contributed by atoms with Crippen LogP contribution in [-0.2, 0) is 4.79 Å². The van der Waals surface area contributed by atoms with Gasteiger partial charge in [0, 0.05) is 31.3 Å². The van der Waals surface area contributed by atoms with Crippen molar-refractivity contribution in [1.82, 2.24) is 20.1 Å². The van der Waals surface area contributed by atoms with Crippen LogP contribution in [0, 0.1) is 5.92 Å². The molecule has 0 bridgehead atoms. The molecule has 5 nitrogen and oxygen atoms in total. The van der Waals surface area contributed by atoms with E-state index < -0.39 is 0 Å². The molecule has 4 rings (SSSR count). The topological polar surface area (TPSA) is 61.9 Å². The number of carbonyl (C=O) groups excluding carboxylic acids is 1. The molecule has 0 atom stereocenters. The van der Waals surface area contributed by atoms with Gasteiger partial charge in [-0.15, -0.1) is 0 Å². The van der Waals surface area contributed by atoms with Crippen molar-refractivity contribution in [2.24, 2.45) is 5.92 Å². The molecule has 2 heterocycles. The number of rotatable bonds is 4. The highest BCUT2D eigenvalue weighted by molar-refractivity contribution is 5.76. The smallest absolute Gasteiger partial charge is 0.222 e. The second kappa shape index (κ2) is 6.01. The number of carbonyl (C=O) groups is 1. The molecule has 2 saturated carbocycles. The molecule has 0 spiro atoms. The van der Waals surface area contributed by atoms with Crippen LogP contribution in [0.15, 0.2) is 0 Å². The van der Waals surface area contributed by atoms with Crippen molar-refractivity contribution in [2.75, 3.05) is 13.1 Å². The lowest BCUT2D eigenvalue weighted by Crippen LogP contribution is -2.38. The summed E-state index contributed by atoms with van der Waals surface area (Å²) in [6.07, 6.45) is 10.4. The Hall–Kier alpha value is -1.39. The SMILES string of the molecule is O=C(CC1CCCC1)N1CCC(c2nc(C3CC3)n[nH]2)CC1. The molecular formula is C17H26N4O. The lowest BCUT2D eigenvalue weighted by atomic mass is 9.95. The molecule has 0 radical (unpaired) electrons. The lowest BCUT2D eigenvalue weighted by Gasteiger charge is -2.31. The Morgan fingerprint density at radius 2 is 1.77 bits per heavy atom. The van der Waals surface area contributed by atoms with E-state index in [0.29, 0.717) is 23.7 Å². The van der Waals surface area contributed by atoms with Crippen LogP contribution in [0.3, 0.4) is 0 Å². The fourth-order valence-corrected chi connectivity index (χ4v) is 3.99. The van der Waals surface area contributed by atoms with E-state index in [1.807, 2.05) is 0 Å². The summed E-state index contributed by atoms with van der Waals surface area (Å²) in [5, 5.41) is 7.49. The molecule has 1 aliphatic heterocycles. The summed E-state index contributed by atoms with van der Waals surface area (Å²) in [7, 11) is 0. The van der Waals surface area contributed by atoms with Gasteiger partial charge in [-0.1, -0.05) is 12.8 Å². The second-order valence-corrected chi connectivity index (χ2v) is 7.36. The largest absolute Gasteiger partial charge is 0.343 e. The van der Waals surface area contributed by atoms with Gasteiger partial charge in [0.2, 0.25) is 5.91 Å². The Kier molecular flexibility index (Phi) is 3.89. The molecule has 1 N–H and O–H groups in total. The molecule has 3 aliphatic rings. The van der Waals surface area contributed by atoms with E-state index in [4.69, 9.17) is 0 Å². The zero-order chi connectivity index (χ0) is 14.9. The van der Waals surface area contributed by atoms with E-state index in [9.17, 15) is 4.79 Å². The van der Waals surface area contributed by atoms with E-state index in [0.717, 1.165) is 44.0 Å². The molecular weight excluding hydrogens is 276 g/mol. The molecule has 0 unspecified atom stereocenters. The van der Waals surface area contributed by atoms with Crippen LogP contribution >= 0.6 is 0 Å². The van der Waals surface area contributed by atoms with Gasteiger partial charge in [0.05, 0.1) is 0 Å². The Labute approximate surface area is 131 Å². The maximum absolute atomic E-state index is 12.4. The van der Waals surface area contributed by atoms with Crippen molar-refractivity contribution in [1.29, 1.82) is 0 Å². The van der Waals surface area contributed by atoms with Crippen LogP contribution in [0.2, 0.25) is 0 Å². The number of H-pyrrole nitrogens is 1. The summed E-state index contributed by atoms with van der Waals surface area (Å²) < 4.78 is 0. The Balaban J connectivity index is 1.28. The molecule has 0 aromatic carbocycles. The van der Waals surface area contributed by atoms with Crippen molar-refractivity contribution >= 4 is 5.91 Å². The van der Waals surface area contributed by atoms with Gasteiger partial charge in [0.1, 0.15) is 5.82 Å². The zero-order valence-electron chi connectivity index (χ0n) is 13.3. The van der Waals surface area contributed by atoms with Crippen LogP contribution in [0.25, 0.3) is 0 Å². The zero-order valence-corrected chi connectivity index (χ0v) is 13.3. The van der Waals surface area contributed by atoms with E-state index in [1.165, 1.54) is 38.5 Å². The lowest BCUT2D eigenvalue weighted by molar-refractivity contribution is -0.133. The minimum atomic E-state index is 0.376. The Bertz CT molecular complexity index is 523. The number of piperidine rings is 1. The van der Waals surface area contributed by atoms with Crippen LogP contribution in [0.5, 0.6) is 0 Å². The minimum Gasteiger partial charge on any atom is -0.343 e. The van der Waals surface area contributed by atoms with Crippen molar-refractivity contribution in [3.05, 3.63) is 11.6 Å². The maximum Gasteiger partial charge on any atom is 0.222 e. The molecule has 1 amide bonds. The first-order valence-electron chi connectivity index (χ1n) is 8.99. The van der Waals surface area contributed by atoms with Gasteiger partial charge in [-0.3, -0.25) is 9.89 Å². The van der Waals surface area contributed by atoms with E-state index >= 15 is 0 Å². The van der Waals surface area contributed by atoms with Gasteiger partial charge in [0.15, 0.2) is 5.82 Å². The number of aromatic amines is 1. The second-order valence-electron chi connectivity index (χ2n) is 7.36. The van der Waals surface area contributed by atoms with Gasteiger partial charge in [-0.05, 0) is 44.4 Å². The average Bonchev–Trinajstić information content (AvgIpc) is 3.06. The van der Waals surface area contributed by atoms with Crippen molar-refractivity contribution in [3.8, 4) is 0 Å². The fourth-order valence-electron chi connectivity index (χ4n) is 3.99. The third kappa shape index (κ3) is 3.03. The highest BCUT2D eigenvalue weighted by atomic mass is 16.2. The number of likely N-dealkylation sites (tertiary alicyclic amines) is 1. The molecule has 1 saturated heterocycles. The van der Waals surface area contributed by atoms with Gasteiger partial charge < -0.3 is 4.90 Å². The molecule has 1 aromatic rings. The van der Waals surface area contributed by atoms with Crippen LogP contribution < -0.4 is 0 Å². The first kappa shape index (κ1) is 14.2. The predicted octanol–water partition coefficient (Wildman–Crippen LogP) is 2.97. The summed E-state index contributed by atoms with van der Waals surface area (Å²) >= 11 is 0. The van der Waals surface area contributed by atoms with Crippen molar-refractivity contribution < 1.29 is 4.79 Å². The first-order valence-corrected chi connectivity index (χ1v) is 8.99. The highest BCUT2D eigenvalue weighted by Gasteiger charge is 2.31. The molecule has 1 aromatic heterocycles. The van der Waals surface area contributed by atoms with Crippen molar-refractivity contribution in [3.63, 3.8) is 0 Å². The fraction of sp³-hybridized carbons (Fsp3) is 0.824. The first-order chi connectivity index (χ1) is 10.8. The van der Waals surface area contributed by atoms with Crippen LogP contribution in [0.4, 0.5) is 0 Å². The van der Waals surface area contributed by atoms with E-state index in [2.05, 4.69) is 20.1 Å². The Morgan fingerprint density at radius 3 is 2.45 bits per heavy atom. The maximum atomic E-state index is 12.4. The summed E-state index contributed by atoms with van der Waals surface area (Å²) in [6.45, 7) is 1.77. The number of hydrogen-bond acceptors (Lipinski definition) is 3. The van der Waals surface area contributed by atoms with Gasteiger partial charge in [-0.25, -0.2) is 4.98 Å². The quantitative estimate of drug-likeness (QED) is 0.930. The molecule has 22 heavy (non-hydrogen) atoms. The number of amides is 1. The summed E-state index contributed by atoms with van der Waals surface area (Å²) in [5.41, 5.74) is 0. The monoisotopic (exact) mass is 302 g/mol. The Morgan fingerprint density at radius 1 is 1.05 bits per heavy atom. The van der Waals surface area contributed by atoms with Gasteiger partial charge >= 0.3 is 0 Å². The number of nitrogens with zero attached hydrogens (tertiary/aromatic N) is 3. The van der Waals surface area contributed by atoms with Crippen molar-refractivity contribution in [2.45, 2.75) is 69.6 Å². The molecule has 3 fully saturated rings. The van der Waals surface area contributed by atoms with Gasteiger partial charge in [-0.2, -0.15) is 5.10 Å². The number of nitrogens with one attached hydrogen (secondary N) is 1. The summed E-state index contributed by atoms with van der Waals surface area (Å²) in [6, 6.07) is 0. The number of hydrogen-bond donors (Lipinski definition) is 1. The van der Waals surface area contributed by atoms with E-state index in [-0.39, 0.29) is 0 Å². The summed E-state index contributed by atoms with van der Waals surface area (Å²) in [4.78, 5) is 19.1. The average molecular weight is 302 g/mol. The normalized spacial score (nSPS) is 24.1. The number of aromatic nitrogens is 3. The van der Waals surface area contributed by atoms with Gasteiger partial charge in [0.25, 0.3) is 0 Å². The van der Waals surface area contributed by atoms with E-state index in [1.54, 1.807) is 0 Å². The predicted molar refractivity (Wildman–Crippen MR) is 83.5 cm³/mol. The molecule has 2 aliphatic carbocycles. The minimum absolute atomic E-state index is 0.376. The van der Waals surface area contributed by atoms with Crippen LogP contribution in [-0.4, -0.2) is 39.1 Å². The third-order valence-corrected chi connectivity index (χ3v) is 5.63. The molecule has 5 heteroatoms. The standard InChI is InChI=1S/C17H26N4O/c22-15(11-12-3-1-2-4-12)21-9-7-14(8-10-21)17-18-16(19-20-17)13-5-6-13/h12-14H,1-11H2,(H,18,19,20). The highest BCUT2D eigenvalue weighted by Crippen LogP contribution is 2.38.